The summed E-state index contributed by atoms with van der Waals surface area (Å²) in [6, 6.07) is 10.1. The third-order valence-corrected chi connectivity index (χ3v) is 5.62. The molecule has 4 rings (SSSR count). The first-order chi connectivity index (χ1) is 13.3. The van der Waals surface area contributed by atoms with Gasteiger partial charge >= 0.3 is 0 Å². The van der Waals surface area contributed by atoms with Crippen LogP contribution in [0.4, 0.5) is 0 Å². The van der Waals surface area contributed by atoms with E-state index in [1.165, 1.54) is 0 Å². The van der Waals surface area contributed by atoms with Crippen LogP contribution < -0.4 is 5.32 Å². The molecule has 8 heteroatoms. The third-order valence-electron chi connectivity index (χ3n) is 5.62. The van der Waals surface area contributed by atoms with Crippen molar-refractivity contribution < 1.29 is 4.79 Å². The Hall–Kier alpha value is -1.96. The van der Waals surface area contributed by atoms with Crippen molar-refractivity contribution in [1.82, 2.24) is 30.3 Å². The molecule has 0 unspecified atom stereocenters. The zero-order chi connectivity index (χ0) is 18.5. The van der Waals surface area contributed by atoms with Gasteiger partial charge in [-0.3, -0.25) is 9.89 Å². The quantitative estimate of drug-likeness (QED) is 0.795. The summed E-state index contributed by atoms with van der Waals surface area (Å²) < 4.78 is 0. The molecule has 7 nitrogen and oxygen atoms in total. The van der Waals surface area contributed by atoms with Gasteiger partial charge in [-0.1, -0.05) is 30.3 Å². The van der Waals surface area contributed by atoms with Gasteiger partial charge in [0.05, 0.1) is 0 Å². The molecule has 0 radical (unpaired) electrons. The van der Waals surface area contributed by atoms with E-state index in [1.807, 2.05) is 35.2 Å². The minimum Gasteiger partial charge on any atom is -0.340 e. The average Bonchev–Trinajstić information content (AvgIpc) is 3.24. The Morgan fingerprint density at radius 3 is 2.50 bits per heavy atom. The summed E-state index contributed by atoms with van der Waals surface area (Å²) in [5, 5.41) is 10.8. The van der Waals surface area contributed by atoms with Gasteiger partial charge in [-0.05, 0) is 25.9 Å². The molecule has 0 bridgehead atoms. The number of carbonyl (C=O) groups excluding carboxylic acids is 1. The normalized spacial score (nSPS) is 18.6. The Morgan fingerprint density at radius 2 is 1.79 bits per heavy atom. The highest BCUT2D eigenvalue weighted by molar-refractivity contribution is 5.85. The molecule has 0 spiro atoms. The van der Waals surface area contributed by atoms with Gasteiger partial charge in [0.2, 0.25) is 5.91 Å². The van der Waals surface area contributed by atoms with Crippen LogP contribution in [0.2, 0.25) is 0 Å². The van der Waals surface area contributed by atoms with Crippen LogP contribution in [0.3, 0.4) is 0 Å². The number of aromatic nitrogens is 3. The van der Waals surface area contributed by atoms with Crippen LogP contribution in [0.1, 0.15) is 31.0 Å². The summed E-state index contributed by atoms with van der Waals surface area (Å²) in [5.41, 5.74) is 1.05. The van der Waals surface area contributed by atoms with Crippen molar-refractivity contribution >= 4 is 18.3 Å². The number of piperazine rings is 1. The maximum Gasteiger partial charge on any atom is 0.223 e. The number of amides is 1. The number of nitrogens with zero attached hydrogens (tertiary/aromatic N) is 4. The molecule has 2 fully saturated rings. The predicted molar refractivity (Wildman–Crippen MR) is 112 cm³/mol. The topological polar surface area (TPSA) is 77.2 Å². The summed E-state index contributed by atoms with van der Waals surface area (Å²) in [5.74, 6) is 2.48. The van der Waals surface area contributed by atoms with E-state index in [1.54, 1.807) is 0 Å². The fourth-order valence-electron chi connectivity index (χ4n) is 3.93. The number of aromatic amines is 1. The lowest BCUT2D eigenvalue weighted by atomic mass is 9.96. The van der Waals surface area contributed by atoms with Gasteiger partial charge in [0, 0.05) is 50.6 Å². The molecule has 0 aliphatic carbocycles. The Bertz CT molecular complexity index is 738. The third kappa shape index (κ3) is 5.10. The summed E-state index contributed by atoms with van der Waals surface area (Å²) in [7, 11) is 0. The first-order valence-electron chi connectivity index (χ1n) is 9.98. The van der Waals surface area contributed by atoms with Gasteiger partial charge in [-0.15, -0.1) is 12.4 Å². The SMILES string of the molecule is Cl.O=C(CCN1CCC(c2nc(-c3ccccc3)n[nH]2)CC1)N1CCNCC1. The van der Waals surface area contributed by atoms with Crippen LogP contribution in [0.15, 0.2) is 30.3 Å². The van der Waals surface area contributed by atoms with Gasteiger partial charge < -0.3 is 15.1 Å². The molecule has 0 saturated carbocycles. The minimum atomic E-state index is 0. The van der Waals surface area contributed by atoms with Crippen LogP contribution in [-0.4, -0.2) is 76.7 Å². The maximum atomic E-state index is 12.3. The second-order valence-corrected chi connectivity index (χ2v) is 7.41. The van der Waals surface area contributed by atoms with Crippen LogP contribution in [0.5, 0.6) is 0 Å². The minimum absolute atomic E-state index is 0. The zero-order valence-corrected chi connectivity index (χ0v) is 17.0. The molecular formula is C20H29ClN6O. The molecule has 1 aromatic heterocycles. The number of piperidine rings is 1. The van der Waals surface area contributed by atoms with Crippen molar-refractivity contribution in [2.75, 3.05) is 45.8 Å². The van der Waals surface area contributed by atoms with E-state index in [-0.39, 0.29) is 12.4 Å². The summed E-state index contributed by atoms with van der Waals surface area (Å²) in [4.78, 5) is 21.4. The Morgan fingerprint density at radius 1 is 1.07 bits per heavy atom. The fourth-order valence-corrected chi connectivity index (χ4v) is 3.93. The van der Waals surface area contributed by atoms with Gasteiger partial charge in [0.15, 0.2) is 5.82 Å². The number of nitrogens with one attached hydrogen (secondary N) is 2. The van der Waals surface area contributed by atoms with Crippen molar-refractivity contribution in [2.45, 2.75) is 25.2 Å². The molecule has 2 saturated heterocycles. The number of carbonyl (C=O) groups is 1. The standard InChI is InChI=1S/C20H28N6O.ClH/c27-18(26-14-9-21-10-15-26)8-13-25-11-6-17(7-12-25)20-22-19(23-24-20)16-4-2-1-3-5-16;/h1-5,17,21H,6-15H2,(H,22,23,24);1H. The summed E-state index contributed by atoms with van der Waals surface area (Å²) >= 11 is 0. The van der Waals surface area contributed by atoms with E-state index >= 15 is 0 Å². The second-order valence-electron chi connectivity index (χ2n) is 7.41. The van der Waals surface area contributed by atoms with Crippen LogP contribution in [0.25, 0.3) is 11.4 Å². The van der Waals surface area contributed by atoms with E-state index in [2.05, 4.69) is 20.4 Å². The lowest BCUT2D eigenvalue weighted by Crippen LogP contribution is -2.47. The number of likely N-dealkylation sites (tertiary alicyclic amines) is 1. The fraction of sp³-hybridized carbons (Fsp3) is 0.550. The first kappa shape index (κ1) is 20.8. The number of hydrogen-bond acceptors (Lipinski definition) is 5. The van der Waals surface area contributed by atoms with Crippen molar-refractivity contribution in [3.05, 3.63) is 36.2 Å². The summed E-state index contributed by atoms with van der Waals surface area (Å²) in [6.07, 6.45) is 2.75. The smallest absolute Gasteiger partial charge is 0.223 e. The predicted octanol–water partition coefficient (Wildman–Crippen LogP) is 1.89. The molecule has 152 valence electrons. The number of H-pyrrole nitrogens is 1. The van der Waals surface area contributed by atoms with E-state index in [0.717, 1.165) is 75.9 Å². The number of rotatable bonds is 5. The number of hydrogen-bond donors (Lipinski definition) is 2. The van der Waals surface area contributed by atoms with Crippen molar-refractivity contribution in [1.29, 1.82) is 0 Å². The molecule has 0 atom stereocenters. The Kier molecular flexibility index (Phi) is 7.42. The lowest BCUT2D eigenvalue weighted by Gasteiger charge is -2.32. The van der Waals surface area contributed by atoms with Crippen molar-refractivity contribution in [3.63, 3.8) is 0 Å². The van der Waals surface area contributed by atoms with E-state index < -0.39 is 0 Å². The highest BCUT2D eigenvalue weighted by atomic mass is 35.5. The van der Waals surface area contributed by atoms with Gasteiger partial charge in [0.25, 0.3) is 0 Å². The van der Waals surface area contributed by atoms with Gasteiger partial charge in [0.1, 0.15) is 5.82 Å². The first-order valence-corrected chi connectivity index (χ1v) is 9.98. The highest BCUT2D eigenvalue weighted by Crippen LogP contribution is 2.27. The van der Waals surface area contributed by atoms with Crippen molar-refractivity contribution in [2.24, 2.45) is 0 Å². The van der Waals surface area contributed by atoms with Crippen LogP contribution >= 0.6 is 12.4 Å². The van der Waals surface area contributed by atoms with Gasteiger partial charge in [-0.2, -0.15) is 5.10 Å². The molecule has 2 aromatic rings. The molecule has 2 aliphatic heterocycles. The Balaban J connectivity index is 0.00000225. The van der Waals surface area contributed by atoms with E-state index in [0.29, 0.717) is 18.2 Å². The molecular weight excluding hydrogens is 376 g/mol. The number of halogens is 1. The highest BCUT2D eigenvalue weighted by Gasteiger charge is 2.24. The lowest BCUT2D eigenvalue weighted by molar-refractivity contribution is -0.132. The monoisotopic (exact) mass is 404 g/mol. The molecule has 2 N–H and O–H groups in total. The maximum absolute atomic E-state index is 12.3. The number of benzene rings is 1. The largest absolute Gasteiger partial charge is 0.340 e. The molecule has 1 amide bonds. The molecule has 28 heavy (non-hydrogen) atoms. The van der Waals surface area contributed by atoms with E-state index in [4.69, 9.17) is 4.98 Å². The van der Waals surface area contributed by atoms with Gasteiger partial charge in [-0.25, -0.2) is 4.98 Å². The molecule has 1 aromatic carbocycles. The average molecular weight is 405 g/mol. The molecule has 3 heterocycles. The second kappa shape index (κ2) is 10.0. The summed E-state index contributed by atoms with van der Waals surface area (Å²) in [6.45, 7) is 6.41. The van der Waals surface area contributed by atoms with Crippen molar-refractivity contribution in [3.8, 4) is 11.4 Å². The molecule has 2 aliphatic rings. The zero-order valence-electron chi connectivity index (χ0n) is 16.1. The van der Waals surface area contributed by atoms with Crippen LogP contribution in [0, 0.1) is 0 Å². The van der Waals surface area contributed by atoms with Crippen LogP contribution in [-0.2, 0) is 4.79 Å². The Labute approximate surface area is 172 Å². The van der Waals surface area contributed by atoms with E-state index in [9.17, 15) is 4.79 Å².